The summed E-state index contributed by atoms with van der Waals surface area (Å²) in [6.07, 6.45) is 0. The lowest BCUT2D eigenvalue weighted by atomic mass is 10.2. The standard InChI is InChI=1S/C15H16BrNO2/c1-3-18-13-7-12(17)8-14(9-13)19-15-5-4-11(16)6-10(15)2/h4-9H,3,17H2,1-2H3. The second-order valence-electron chi connectivity index (χ2n) is 4.18. The van der Waals surface area contributed by atoms with Gasteiger partial charge in [-0.2, -0.15) is 0 Å². The Labute approximate surface area is 121 Å². The van der Waals surface area contributed by atoms with E-state index < -0.39 is 0 Å². The molecule has 0 aromatic heterocycles. The predicted molar refractivity (Wildman–Crippen MR) is 81.0 cm³/mol. The third-order valence-corrected chi connectivity index (χ3v) is 3.07. The normalized spacial score (nSPS) is 10.3. The number of rotatable bonds is 4. The Morgan fingerprint density at radius 1 is 1.11 bits per heavy atom. The molecule has 0 atom stereocenters. The maximum atomic E-state index is 5.85. The van der Waals surface area contributed by atoms with Crippen molar-refractivity contribution in [2.45, 2.75) is 13.8 Å². The van der Waals surface area contributed by atoms with Crippen LogP contribution in [-0.2, 0) is 0 Å². The molecule has 0 aliphatic heterocycles. The molecular formula is C15H16BrNO2. The van der Waals surface area contributed by atoms with E-state index >= 15 is 0 Å². The molecule has 100 valence electrons. The number of anilines is 1. The van der Waals surface area contributed by atoms with Crippen molar-refractivity contribution in [3.05, 3.63) is 46.4 Å². The first-order valence-corrected chi connectivity index (χ1v) is 6.85. The van der Waals surface area contributed by atoms with Gasteiger partial charge in [-0.25, -0.2) is 0 Å². The topological polar surface area (TPSA) is 44.5 Å². The van der Waals surface area contributed by atoms with E-state index in [0.717, 1.165) is 15.8 Å². The van der Waals surface area contributed by atoms with Gasteiger partial charge in [0.1, 0.15) is 17.2 Å². The fourth-order valence-electron chi connectivity index (χ4n) is 1.76. The fourth-order valence-corrected chi connectivity index (χ4v) is 2.23. The lowest BCUT2D eigenvalue weighted by Gasteiger charge is -2.11. The van der Waals surface area contributed by atoms with Crippen LogP contribution in [0.2, 0.25) is 0 Å². The van der Waals surface area contributed by atoms with Crippen LogP contribution in [0.1, 0.15) is 12.5 Å². The number of halogens is 1. The highest BCUT2D eigenvalue weighted by atomic mass is 79.9. The van der Waals surface area contributed by atoms with Crippen LogP contribution in [-0.4, -0.2) is 6.61 Å². The van der Waals surface area contributed by atoms with E-state index in [1.54, 1.807) is 12.1 Å². The number of nitrogen functional groups attached to an aromatic ring is 1. The van der Waals surface area contributed by atoms with Crippen LogP contribution in [0.4, 0.5) is 5.69 Å². The Morgan fingerprint density at radius 2 is 1.84 bits per heavy atom. The van der Waals surface area contributed by atoms with Gasteiger partial charge < -0.3 is 15.2 Å². The lowest BCUT2D eigenvalue weighted by Crippen LogP contribution is -1.95. The van der Waals surface area contributed by atoms with Gasteiger partial charge in [-0.05, 0) is 37.6 Å². The van der Waals surface area contributed by atoms with Gasteiger partial charge in [0.15, 0.2) is 0 Å². The van der Waals surface area contributed by atoms with Crippen molar-refractivity contribution < 1.29 is 9.47 Å². The largest absolute Gasteiger partial charge is 0.494 e. The summed E-state index contributed by atoms with van der Waals surface area (Å²) in [5, 5.41) is 0. The summed E-state index contributed by atoms with van der Waals surface area (Å²) in [4.78, 5) is 0. The Balaban J connectivity index is 2.27. The lowest BCUT2D eigenvalue weighted by molar-refractivity contribution is 0.338. The third kappa shape index (κ3) is 3.64. The van der Waals surface area contributed by atoms with E-state index in [0.29, 0.717) is 23.8 Å². The molecule has 0 radical (unpaired) electrons. The average Bonchev–Trinajstić information content (AvgIpc) is 2.32. The van der Waals surface area contributed by atoms with Crippen LogP contribution in [0.25, 0.3) is 0 Å². The van der Waals surface area contributed by atoms with E-state index in [9.17, 15) is 0 Å². The number of nitrogens with two attached hydrogens (primary N) is 1. The van der Waals surface area contributed by atoms with E-state index in [4.69, 9.17) is 15.2 Å². The zero-order valence-corrected chi connectivity index (χ0v) is 12.5. The second kappa shape index (κ2) is 5.97. The van der Waals surface area contributed by atoms with Gasteiger partial charge >= 0.3 is 0 Å². The minimum Gasteiger partial charge on any atom is -0.494 e. The molecule has 2 N–H and O–H groups in total. The summed E-state index contributed by atoms with van der Waals surface area (Å²) >= 11 is 3.43. The minimum absolute atomic E-state index is 0.597. The van der Waals surface area contributed by atoms with Gasteiger partial charge in [-0.15, -0.1) is 0 Å². The average molecular weight is 322 g/mol. The Hall–Kier alpha value is -1.68. The highest BCUT2D eigenvalue weighted by Crippen LogP contribution is 2.31. The van der Waals surface area contributed by atoms with Crippen LogP contribution in [0.3, 0.4) is 0 Å². The molecule has 2 aromatic rings. The molecule has 0 saturated carbocycles. The van der Waals surface area contributed by atoms with E-state index in [1.165, 1.54) is 0 Å². The SMILES string of the molecule is CCOc1cc(N)cc(Oc2ccc(Br)cc2C)c1. The van der Waals surface area contributed by atoms with Gasteiger partial charge in [-0.3, -0.25) is 0 Å². The summed E-state index contributed by atoms with van der Waals surface area (Å²) in [6, 6.07) is 11.3. The highest BCUT2D eigenvalue weighted by molar-refractivity contribution is 9.10. The number of benzene rings is 2. The summed E-state index contributed by atoms with van der Waals surface area (Å²) in [5.74, 6) is 2.19. The fraction of sp³-hybridized carbons (Fsp3) is 0.200. The summed E-state index contributed by atoms with van der Waals surface area (Å²) < 4.78 is 12.3. The predicted octanol–water partition coefficient (Wildman–Crippen LogP) is 4.53. The first-order valence-electron chi connectivity index (χ1n) is 6.06. The van der Waals surface area contributed by atoms with Crippen molar-refractivity contribution in [1.82, 2.24) is 0 Å². The highest BCUT2D eigenvalue weighted by Gasteiger charge is 2.05. The van der Waals surface area contributed by atoms with Crippen molar-refractivity contribution in [3.8, 4) is 17.2 Å². The summed E-state index contributed by atoms with van der Waals surface area (Å²) in [5.41, 5.74) is 7.51. The Bertz CT molecular complexity index is 584. The molecule has 0 bridgehead atoms. The summed E-state index contributed by atoms with van der Waals surface area (Å²) in [7, 11) is 0. The quantitative estimate of drug-likeness (QED) is 0.841. The number of ether oxygens (including phenoxy) is 2. The molecule has 2 rings (SSSR count). The van der Waals surface area contributed by atoms with Gasteiger partial charge in [0, 0.05) is 28.4 Å². The Morgan fingerprint density at radius 3 is 2.53 bits per heavy atom. The van der Waals surface area contributed by atoms with Gasteiger partial charge in [0.05, 0.1) is 6.61 Å². The molecule has 4 heteroatoms. The van der Waals surface area contributed by atoms with Crippen molar-refractivity contribution in [2.24, 2.45) is 0 Å². The molecule has 3 nitrogen and oxygen atoms in total. The van der Waals surface area contributed by atoms with E-state index in [-0.39, 0.29) is 0 Å². The van der Waals surface area contributed by atoms with Gasteiger partial charge in [0.2, 0.25) is 0 Å². The third-order valence-electron chi connectivity index (χ3n) is 2.58. The van der Waals surface area contributed by atoms with Crippen LogP contribution in [0.5, 0.6) is 17.2 Å². The molecule has 2 aromatic carbocycles. The smallest absolute Gasteiger partial charge is 0.133 e. The number of hydrogen-bond acceptors (Lipinski definition) is 3. The second-order valence-corrected chi connectivity index (χ2v) is 5.10. The van der Waals surface area contributed by atoms with E-state index in [2.05, 4.69) is 15.9 Å². The summed E-state index contributed by atoms with van der Waals surface area (Å²) in [6.45, 7) is 4.53. The molecule has 19 heavy (non-hydrogen) atoms. The molecule has 0 aliphatic carbocycles. The van der Waals surface area contributed by atoms with Gasteiger partial charge in [-0.1, -0.05) is 15.9 Å². The monoisotopic (exact) mass is 321 g/mol. The van der Waals surface area contributed by atoms with Crippen molar-refractivity contribution in [2.75, 3.05) is 12.3 Å². The molecule has 0 spiro atoms. The van der Waals surface area contributed by atoms with Crippen molar-refractivity contribution in [3.63, 3.8) is 0 Å². The first kappa shape index (κ1) is 13.7. The van der Waals surface area contributed by atoms with Gasteiger partial charge in [0.25, 0.3) is 0 Å². The molecule has 0 fully saturated rings. The van der Waals surface area contributed by atoms with Crippen LogP contribution in [0.15, 0.2) is 40.9 Å². The molecule has 0 unspecified atom stereocenters. The van der Waals surface area contributed by atoms with E-state index in [1.807, 2.05) is 38.1 Å². The molecule has 0 aliphatic rings. The molecule has 0 saturated heterocycles. The minimum atomic E-state index is 0.597. The van der Waals surface area contributed by atoms with Crippen LogP contribution in [0, 0.1) is 6.92 Å². The maximum absolute atomic E-state index is 5.85. The van der Waals surface area contributed by atoms with Crippen LogP contribution >= 0.6 is 15.9 Å². The molecule has 0 amide bonds. The zero-order valence-electron chi connectivity index (χ0n) is 10.9. The van der Waals surface area contributed by atoms with Crippen molar-refractivity contribution >= 4 is 21.6 Å². The molecule has 0 heterocycles. The number of hydrogen-bond donors (Lipinski definition) is 1. The van der Waals surface area contributed by atoms with Crippen molar-refractivity contribution in [1.29, 1.82) is 0 Å². The first-order chi connectivity index (χ1) is 9.08. The van der Waals surface area contributed by atoms with Crippen LogP contribution < -0.4 is 15.2 Å². The molecular weight excluding hydrogens is 306 g/mol. The maximum Gasteiger partial charge on any atom is 0.133 e. The zero-order chi connectivity index (χ0) is 13.8. The number of aryl methyl sites for hydroxylation is 1. The Kier molecular flexibility index (Phi) is 4.32.